The standard InChI is InChI=1S/C24H30N12O/c1-14-21(15(2)36-24(34(14)4)30-31-32-36)23(37)27-16-5-6-18-17(11-16)22(29-28-18)19-12-20(26-13-25-19)35-9-7-33(3)8-10-35/h5-6,11-13,15,23,27,37H,7-10H2,1-4H3,(H,28,29)/t15-,23?/m0/s1. The van der Waals surface area contributed by atoms with Crippen molar-refractivity contribution in [1.29, 1.82) is 0 Å². The lowest BCUT2D eigenvalue weighted by Crippen LogP contribution is -2.44. The molecule has 3 aromatic heterocycles. The van der Waals surface area contributed by atoms with Crippen molar-refractivity contribution in [1.82, 2.24) is 45.3 Å². The SMILES string of the molecule is CC1=C(C(O)Nc2ccc3[nH]nc(-c4cc(N5CCN(C)CC5)ncn4)c3c2)[C@H](C)n2nnnc2N1C. The third kappa shape index (κ3) is 4.05. The Hall–Kier alpha value is -4.10. The van der Waals surface area contributed by atoms with E-state index in [0.717, 1.165) is 71.2 Å². The highest BCUT2D eigenvalue weighted by molar-refractivity contribution is 5.94. The van der Waals surface area contributed by atoms with E-state index < -0.39 is 6.23 Å². The lowest BCUT2D eigenvalue weighted by molar-refractivity contribution is 0.220. The number of aliphatic hydroxyl groups excluding tert-OH is 1. The molecule has 0 aliphatic carbocycles. The van der Waals surface area contributed by atoms with Crippen molar-refractivity contribution in [2.75, 3.05) is 55.4 Å². The first kappa shape index (κ1) is 23.3. The summed E-state index contributed by atoms with van der Waals surface area (Å²) in [7, 11) is 4.02. The molecule has 0 bridgehead atoms. The fourth-order valence-electron chi connectivity index (χ4n) is 5.08. The Morgan fingerprint density at radius 2 is 1.92 bits per heavy atom. The Kier molecular flexibility index (Phi) is 5.72. The van der Waals surface area contributed by atoms with Gasteiger partial charge in [-0.15, -0.1) is 0 Å². The zero-order valence-electron chi connectivity index (χ0n) is 21.3. The molecular formula is C24H30N12O. The van der Waals surface area contributed by atoms with Crippen LogP contribution in [0.2, 0.25) is 0 Å². The molecular weight excluding hydrogens is 472 g/mol. The van der Waals surface area contributed by atoms with Crippen LogP contribution in [0.25, 0.3) is 22.3 Å². The summed E-state index contributed by atoms with van der Waals surface area (Å²) in [6.45, 7) is 7.78. The predicted octanol–water partition coefficient (Wildman–Crippen LogP) is 1.47. The number of nitrogens with one attached hydrogen (secondary N) is 2. The van der Waals surface area contributed by atoms with Crippen molar-refractivity contribution in [3.63, 3.8) is 0 Å². The van der Waals surface area contributed by atoms with Crippen LogP contribution in [-0.2, 0) is 0 Å². The molecule has 0 amide bonds. The lowest BCUT2D eigenvalue weighted by Gasteiger charge is -2.34. The maximum Gasteiger partial charge on any atom is 0.250 e. The van der Waals surface area contributed by atoms with Crippen molar-refractivity contribution in [2.45, 2.75) is 26.1 Å². The van der Waals surface area contributed by atoms with Gasteiger partial charge >= 0.3 is 0 Å². The first-order valence-electron chi connectivity index (χ1n) is 12.3. The number of nitrogens with zero attached hydrogens (tertiary/aromatic N) is 10. The topological polar surface area (TPSA) is 140 Å². The van der Waals surface area contributed by atoms with Crippen molar-refractivity contribution in [2.24, 2.45) is 0 Å². The molecule has 4 aromatic rings. The van der Waals surface area contributed by atoms with Crippen LogP contribution >= 0.6 is 0 Å². The molecule has 1 aromatic carbocycles. The smallest absolute Gasteiger partial charge is 0.250 e. The summed E-state index contributed by atoms with van der Waals surface area (Å²) in [6, 6.07) is 7.63. The normalized spacial score (nSPS) is 19.4. The average molecular weight is 503 g/mol. The largest absolute Gasteiger partial charge is 0.370 e. The minimum absolute atomic E-state index is 0.203. The molecule has 192 valence electrons. The monoisotopic (exact) mass is 502 g/mol. The molecule has 0 saturated carbocycles. The number of aliphatic hydroxyl groups is 1. The molecule has 0 radical (unpaired) electrons. The molecule has 2 aliphatic heterocycles. The van der Waals surface area contributed by atoms with E-state index in [1.807, 2.05) is 50.1 Å². The van der Waals surface area contributed by atoms with Gasteiger partial charge in [-0.25, -0.2) is 14.6 Å². The van der Waals surface area contributed by atoms with Crippen LogP contribution in [-0.4, -0.2) is 96.9 Å². The highest BCUT2D eigenvalue weighted by Crippen LogP contribution is 2.35. The zero-order valence-corrected chi connectivity index (χ0v) is 21.3. The van der Waals surface area contributed by atoms with Crippen LogP contribution in [0.15, 0.2) is 41.9 Å². The summed E-state index contributed by atoms with van der Waals surface area (Å²) >= 11 is 0. The summed E-state index contributed by atoms with van der Waals surface area (Å²) in [6.07, 6.45) is 0.657. The first-order valence-corrected chi connectivity index (χ1v) is 12.3. The summed E-state index contributed by atoms with van der Waals surface area (Å²) in [5.74, 6) is 1.55. The van der Waals surface area contributed by atoms with E-state index in [9.17, 15) is 5.11 Å². The fraction of sp³-hybridized carbons (Fsp3) is 0.417. The maximum absolute atomic E-state index is 11.2. The van der Waals surface area contributed by atoms with Crippen molar-refractivity contribution in [3.05, 3.63) is 41.9 Å². The summed E-state index contributed by atoms with van der Waals surface area (Å²) in [5.41, 5.74) is 4.83. The Morgan fingerprint density at radius 1 is 1.11 bits per heavy atom. The number of aromatic nitrogens is 8. The third-order valence-corrected chi connectivity index (χ3v) is 7.40. The van der Waals surface area contributed by atoms with Gasteiger partial charge in [-0.1, -0.05) is 5.10 Å². The number of fused-ring (bicyclic) bond motifs is 2. The van der Waals surface area contributed by atoms with Gasteiger partial charge in [0.25, 0.3) is 0 Å². The van der Waals surface area contributed by atoms with Crippen molar-refractivity contribution < 1.29 is 5.11 Å². The molecule has 2 aliphatic rings. The van der Waals surface area contributed by atoms with E-state index >= 15 is 0 Å². The second-order valence-electron chi connectivity index (χ2n) is 9.63. The number of tetrazole rings is 1. The molecule has 13 heteroatoms. The number of allylic oxidation sites excluding steroid dienone is 1. The highest BCUT2D eigenvalue weighted by atomic mass is 16.3. The molecule has 1 unspecified atom stereocenters. The number of likely N-dealkylation sites (N-methyl/N-ethyl adjacent to an activating group) is 1. The summed E-state index contributed by atoms with van der Waals surface area (Å²) < 4.78 is 1.71. The predicted molar refractivity (Wildman–Crippen MR) is 140 cm³/mol. The Bertz CT molecular complexity index is 1470. The number of piperazine rings is 1. The van der Waals surface area contributed by atoms with Crippen molar-refractivity contribution in [3.8, 4) is 11.4 Å². The highest BCUT2D eigenvalue weighted by Gasteiger charge is 2.32. The van der Waals surface area contributed by atoms with E-state index in [1.165, 1.54) is 0 Å². The number of anilines is 3. The van der Waals surface area contributed by atoms with Crippen LogP contribution in [0.3, 0.4) is 0 Å². The molecule has 6 rings (SSSR count). The lowest BCUT2D eigenvalue weighted by atomic mass is 10.0. The van der Waals surface area contributed by atoms with Gasteiger partial charge in [-0.3, -0.25) is 5.10 Å². The molecule has 13 nitrogen and oxygen atoms in total. The van der Waals surface area contributed by atoms with Gasteiger partial charge in [0.15, 0.2) is 6.23 Å². The third-order valence-electron chi connectivity index (χ3n) is 7.40. The van der Waals surface area contributed by atoms with Crippen LogP contribution < -0.4 is 15.1 Å². The van der Waals surface area contributed by atoms with E-state index in [0.29, 0.717) is 5.95 Å². The summed E-state index contributed by atoms with van der Waals surface area (Å²) in [4.78, 5) is 15.5. The van der Waals surface area contributed by atoms with E-state index in [1.54, 1.807) is 11.0 Å². The average Bonchev–Trinajstić information content (AvgIpc) is 3.56. The van der Waals surface area contributed by atoms with Gasteiger partial charge in [-0.05, 0) is 49.5 Å². The van der Waals surface area contributed by atoms with Gasteiger partial charge in [0.05, 0.1) is 17.3 Å². The van der Waals surface area contributed by atoms with E-state index in [-0.39, 0.29) is 6.04 Å². The number of aromatic amines is 1. The quantitative estimate of drug-likeness (QED) is 0.342. The van der Waals surface area contributed by atoms with Gasteiger partial charge < -0.3 is 25.1 Å². The molecule has 5 heterocycles. The molecule has 1 saturated heterocycles. The molecule has 3 N–H and O–H groups in total. The number of benzene rings is 1. The van der Waals surface area contributed by atoms with Crippen LogP contribution in [0, 0.1) is 0 Å². The number of hydrogen-bond donors (Lipinski definition) is 3. The molecule has 1 fully saturated rings. The van der Waals surface area contributed by atoms with Crippen LogP contribution in [0.4, 0.5) is 17.5 Å². The zero-order chi connectivity index (χ0) is 25.7. The van der Waals surface area contributed by atoms with Crippen LogP contribution in [0.1, 0.15) is 19.9 Å². The minimum atomic E-state index is -0.939. The number of rotatable bonds is 5. The Morgan fingerprint density at radius 3 is 2.73 bits per heavy atom. The van der Waals surface area contributed by atoms with Gasteiger partial charge in [0.1, 0.15) is 17.8 Å². The maximum atomic E-state index is 11.2. The van der Waals surface area contributed by atoms with Gasteiger partial charge in [0, 0.05) is 61.6 Å². The second kappa shape index (κ2) is 9.09. The van der Waals surface area contributed by atoms with E-state index in [4.69, 9.17) is 0 Å². The molecule has 37 heavy (non-hydrogen) atoms. The van der Waals surface area contributed by atoms with Crippen LogP contribution in [0.5, 0.6) is 0 Å². The van der Waals surface area contributed by atoms with Gasteiger partial charge in [0.2, 0.25) is 5.95 Å². The fourth-order valence-corrected chi connectivity index (χ4v) is 5.08. The Balaban J connectivity index is 1.28. The second-order valence-corrected chi connectivity index (χ2v) is 9.63. The van der Waals surface area contributed by atoms with E-state index in [2.05, 4.69) is 57.9 Å². The Labute approximate surface area is 213 Å². The number of H-pyrrole nitrogens is 1. The molecule has 2 atom stereocenters. The minimum Gasteiger partial charge on any atom is -0.370 e. The first-order chi connectivity index (χ1) is 17.9. The van der Waals surface area contributed by atoms with Gasteiger partial charge in [-0.2, -0.15) is 5.10 Å². The molecule has 0 spiro atoms. The number of hydrogen-bond acceptors (Lipinski definition) is 11. The van der Waals surface area contributed by atoms with Crippen molar-refractivity contribution >= 4 is 28.4 Å². The summed E-state index contributed by atoms with van der Waals surface area (Å²) in [5, 5.41) is 35.0.